The van der Waals surface area contributed by atoms with Crippen molar-refractivity contribution < 1.29 is 24.5 Å². The standard InChI is InChI=1S/C15H19NO5/c1-21-13-5-3-2-4-10(13)6-7-14(18)16-9-11(17)8-12(16)15(19)20/h2-5,11-12,17H,6-9H2,1H3,(H,19,20)/t11-,12-/m1/s1. The van der Waals surface area contributed by atoms with Gasteiger partial charge in [-0.1, -0.05) is 18.2 Å². The maximum atomic E-state index is 12.2. The SMILES string of the molecule is COc1ccccc1CCC(=O)N1C[C@H](O)C[C@@H]1C(=O)O. The smallest absolute Gasteiger partial charge is 0.326 e. The number of aryl methyl sites for hydroxylation is 1. The van der Waals surface area contributed by atoms with E-state index >= 15 is 0 Å². The Morgan fingerprint density at radius 3 is 2.76 bits per heavy atom. The van der Waals surface area contributed by atoms with Crippen LogP contribution in [0.1, 0.15) is 18.4 Å². The van der Waals surface area contributed by atoms with Crippen LogP contribution in [0.5, 0.6) is 5.75 Å². The van der Waals surface area contributed by atoms with Gasteiger partial charge in [-0.25, -0.2) is 4.79 Å². The predicted octanol–water partition coefficient (Wildman–Crippen LogP) is 0.674. The summed E-state index contributed by atoms with van der Waals surface area (Å²) in [5, 5.41) is 18.7. The molecule has 0 saturated carbocycles. The summed E-state index contributed by atoms with van der Waals surface area (Å²) < 4.78 is 5.22. The van der Waals surface area contributed by atoms with E-state index in [9.17, 15) is 14.7 Å². The van der Waals surface area contributed by atoms with Crippen molar-refractivity contribution in [3.05, 3.63) is 29.8 Å². The molecule has 21 heavy (non-hydrogen) atoms. The molecule has 0 bridgehead atoms. The molecule has 114 valence electrons. The topological polar surface area (TPSA) is 87.1 Å². The first-order valence-corrected chi connectivity index (χ1v) is 6.85. The number of likely N-dealkylation sites (tertiary alicyclic amines) is 1. The molecule has 2 rings (SSSR count). The molecular weight excluding hydrogens is 274 g/mol. The molecule has 0 aromatic heterocycles. The van der Waals surface area contributed by atoms with Gasteiger partial charge in [-0.15, -0.1) is 0 Å². The Bertz CT molecular complexity index is 531. The molecule has 1 fully saturated rings. The molecule has 1 aromatic carbocycles. The normalized spacial score (nSPS) is 21.3. The minimum atomic E-state index is -1.07. The maximum Gasteiger partial charge on any atom is 0.326 e. The molecule has 1 amide bonds. The van der Waals surface area contributed by atoms with E-state index in [1.807, 2.05) is 24.3 Å². The number of β-amino-alcohol motifs (C(OH)–C–C–N with tert-alkyl or cyclic N) is 1. The summed E-state index contributed by atoms with van der Waals surface area (Å²) in [6.45, 7) is 0.0850. The third-order valence-electron chi connectivity index (χ3n) is 3.69. The number of rotatable bonds is 5. The van der Waals surface area contributed by atoms with Crippen LogP contribution in [-0.4, -0.2) is 52.8 Å². The second-order valence-corrected chi connectivity index (χ2v) is 5.10. The fourth-order valence-electron chi connectivity index (χ4n) is 2.62. The van der Waals surface area contributed by atoms with E-state index in [1.54, 1.807) is 7.11 Å². The third kappa shape index (κ3) is 3.52. The molecule has 6 heteroatoms. The van der Waals surface area contributed by atoms with Crippen LogP contribution in [0, 0.1) is 0 Å². The van der Waals surface area contributed by atoms with Gasteiger partial charge < -0.3 is 19.8 Å². The number of ether oxygens (including phenoxy) is 1. The number of hydrogen-bond donors (Lipinski definition) is 2. The molecule has 1 aliphatic heterocycles. The average molecular weight is 293 g/mol. The first-order chi connectivity index (χ1) is 10.0. The Morgan fingerprint density at radius 2 is 2.10 bits per heavy atom. The summed E-state index contributed by atoms with van der Waals surface area (Å²) in [6.07, 6.45) is -0.00436. The predicted molar refractivity (Wildman–Crippen MR) is 75.1 cm³/mol. The van der Waals surface area contributed by atoms with Gasteiger partial charge in [-0.3, -0.25) is 4.79 Å². The van der Waals surface area contributed by atoms with Gasteiger partial charge in [-0.2, -0.15) is 0 Å². The molecule has 0 aliphatic carbocycles. The van der Waals surface area contributed by atoms with Crippen molar-refractivity contribution in [2.45, 2.75) is 31.4 Å². The van der Waals surface area contributed by atoms with Crippen LogP contribution < -0.4 is 4.74 Å². The van der Waals surface area contributed by atoms with Crippen LogP contribution in [0.15, 0.2) is 24.3 Å². The highest BCUT2D eigenvalue weighted by molar-refractivity contribution is 5.84. The van der Waals surface area contributed by atoms with Gasteiger partial charge in [0, 0.05) is 19.4 Å². The Labute approximate surface area is 122 Å². The van der Waals surface area contributed by atoms with Gasteiger partial charge in [0.05, 0.1) is 13.2 Å². The molecular formula is C15H19NO5. The van der Waals surface area contributed by atoms with E-state index in [-0.39, 0.29) is 25.3 Å². The zero-order valence-corrected chi connectivity index (χ0v) is 11.9. The quantitative estimate of drug-likeness (QED) is 0.833. The zero-order valence-electron chi connectivity index (χ0n) is 11.9. The Hall–Kier alpha value is -2.08. The van der Waals surface area contributed by atoms with E-state index in [2.05, 4.69) is 0 Å². The lowest BCUT2D eigenvalue weighted by atomic mass is 10.1. The molecule has 0 unspecified atom stereocenters. The van der Waals surface area contributed by atoms with Crippen LogP contribution in [0.3, 0.4) is 0 Å². The molecule has 1 aliphatic rings. The molecule has 1 aromatic rings. The van der Waals surface area contributed by atoms with Gasteiger partial charge in [0.15, 0.2) is 0 Å². The summed E-state index contributed by atoms with van der Waals surface area (Å²) in [4.78, 5) is 24.6. The lowest BCUT2D eigenvalue weighted by Crippen LogP contribution is -2.40. The van der Waals surface area contributed by atoms with Crippen LogP contribution in [0.2, 0.25) is 0 Å². The highest BCUT2D eigenvalue weighted by Gasteiger charge is 2.38. The third-order valence-corrected chi connectivity index (χ3v) is 3.69. The number of methoxy groups -OCH3 is 1. The van der Waals surface area contributed by atoms with Crippen molar-refractivity contribution >= 4 is 11.9 Å². The first kappa shape index (κ1) is 15.3. The number of aliphatic hydroxyl groups excluding tert-OH is 1. The van der Waals surface area contributed by atoms with Crippen molar-refractivity contribution in [2.75, 3.05) is 13.7 Å². The zero-order chi connectivity index (χ0) is 15.4. The first-order valence-electron chi connectivity index (χ1n) is 6.85. The number of aliphatic carboxylic acids is 1. The second-order valence-electron chi connectivity index (χ2n) is 5.10. The Balaban J connectivity index is 2.00. The van der Waals surface area contributed by atoms with Crippen LogP contribution >= 0.6 is 0 Å². The second kappa shape index (κ2) is 6.58. The van der Waals surface area contributed by atoms with E-state index in [1.165, 1.54) is 4.90 Å². The van der Waals surface area contributed by atoms with E-state index < -0.39 is 18.1 Å². The monoisotopic (exact) mass is 293 g/mol. The summed E-state index contributed by atoms with van der Waals surface area (Å²) in [7, 11) is 1.57. The number of aliphatic hydroxyl groups is 1. The maximum absolute atomic E-state index is 12.2. The van der Waals surface area contributed by atoms with Crippen LogP contribution in [0.4, 0.5) is 0 Å². The lowest BCUT2D eigenvalue weighted by Gasteiger charge is -2.21. The minimum absolute atomic E-state index is 0.0850. The van der Waals surface area contributed by atoms with Crippen LogP contribution in [0.25, 0.3) is 0 Å². The number of carbonyl (C=O) groups is 2. The highest BCUT2D eigenvalue weighted by atomic mass is 16.5. The van der Waals surface area contributed by atoms with Crippen molar-refractivity contribution in [1.29, 1.82) is 0 Å². The number of carboxylic acid groups (broad SMARTS) is 1. The van der Waals surface area contributed by atoms with Gasteiger partial charge in [-0.05, 0) is 18.1 Å². The number of benzene rings is 1. The number of carbonyl (C=O) groups excluding carboxylic acids is 1. The molecule has 1 heterocycles. The summed E-state index contributed by atoms with van der Waals surface area (Å²) in [5.74, 6) is -0.622. The van der Waals surface area contributed by atoms with E-state index in [0.29, 0.717) is 12.2 Å². The fourth-order valence-corrected chi connectivity index (χ4v) is 2.62. The van der Waals surface area contributed by atoms with Crippen molar-refractivity contribution in [3.8, 4) is 5.75 Å². The van der Waals surface area contributed by atoms with Crippen molar-refractivity contribution in [1.82, 2.24) is 4.90 Å². The van der Waals surface area contributed by atoms with Crippen molar-refractivity contribution in [3.63, 3.8) is 0 Å². The van der Waals surface area contributed by atoms with E-state index in [0.717, 1.165) is 5.56 Å². The Kier molecular flexibility index (Phi) is 4.80. The van der Waals surface area contributed by atoms with E-state index in [4.69, 9.17) is 9.84 Å². The van der Waals surface area contributed by atoms with Crippen molar-refractivity contribution in [2.24, 2.45) is 0 Å². The molecule has 6 nitrogen and oxygen atoms in total. The molecule has 2 N–H and O–H groups in total. The lowest BCUT2D eigenvalue weighted by molar-refractivity contribution is -0.148. The van der Waals surface area contributed by atoms with Crippen LogP contribution in [-0.2, 0) is 16.0 Å². The molecule has 1 saturated heterocycles. The largest absolute Gasteiger partial charge is 0.496 e. The molecule has 0 radical (unpaired) electrons. The van der Waals surface area contributed by atoms with Gasteiger partial charge in [0.1, 0.15) is 11.8 Å². The summed E-state index contributed by atoms with van der Waals surface area (Å²) in [6, 6.07) is 6.48. The summed E-state index contributed by atoms with van der Waals surface area (Å²) >= 11 is 0. The number of amides is 1. The average Bonchev–Trinajstić information content (AvgIpc) is 2.87. The van der Waals surface area contributed by atoms with Gasteiger partial charge >= 0.3 is 5.97 Å². The highest BCUT2D eigenvalue weighted by Crippen LogP contribution is 2.22. The molecule has 2 atom stereocenters. The molecule has 0 spiro atoms. The fraction of sp³-hybridized carbons (Fsp3) is 0.467. The number of carboxylic acids is 1. The Morgan fingerprint density at radius 1 is 1.38 bits per heavy atom. The number of nitrogens with zero attached hydrogens (tertiary/aromatic N) is 1. The van der Waals surface area contributed by atoms with Gasteiger partial charge in [0.25, 0.3) is 0 Å². The van der Waals surface area contributed by atoms with Gasteiger partial charge in [0.2, 0.25) is 5.91 Å². The minimum Gasteiger partial charge on any atom is -0.496 e. The summed E-state index contributed by atoms with van der Waals surface area (Å²) in [5.41, 5.74) is 0.903. The number of para-hydroxylation sites is 1. The number of hydrogen-bond acceptors (Lipinski definition) is 4.